The Morgan fingerprint density at radius 3 is 2.55 bits per heavy atom. The third-order valence-corrected chi connectivity index (χ3v) is 6.98. The highest BCUT2D eigenvalue weighted by Crippen LogP contribution is 2.38. The van der Waals surface area contributed by atoms with E-state index in [1.54, 1.807) is 12.1 Å². The van der Waals surface area contributed by atoms with Crippen LogP contribution in [-0.4, -0.2) is 67.3 Å². The van der Waals surface area contributed by atoms with Crippen molar-refractivity contribution in [3.63, 3.8) is 0 Å². The maximum Gasteiger partial charge on any atom is 0.257 e. The van der Waals surface area contributed by atoms with Gasteiger partial charge in [0.25, 0.3) is 5.91 Å². The molecule has 2 aromatic rings. The minimum atomic E-state index is -0.456. The Labute approximate surface area is 198 Å². The molecule has 0 saturated carbocycles. The molecule has 2 saturated heterocycles. The average Bonchev–Trinajstić information content (AvgIpc) is 3.49. The molecule has 3 aliphatic rings. The van der Waals surface area contributed by atoms with Crippen LogP contribution in [0.3, 0.4) is 0 Å². The number of hydrogen-bond donors (Lipinski definition) is 0. The highest BCUT2D eigenvalue weighted by molar-refractivity contribution is 6.31. The van der Waals surface area contributed by atoms with Crippen molar-refractivity contribution >= 4 is 23.2 Å². The van der Waals surface area contributed by atoms with Crippen molar-refractivity contribution in [1.29, 1.82) is 0 Å². The van der Waals surface area contributed by atoms with Gasteiger partial charge in [-0.3, -0.25) is 9.69 Å². The minimum absolute atomic E-state index is 0.0472. The fraction of sp³-hybridized carbons (Fsp3) is 0.440. The third kappa shape index (κ3) is 4.51. The summed E-state index contributed by atoms with van der Waals surface area (Å²) in [5.41, 5.74) is 2.60. The summed E-state index contributed by atoms with van der Waals surface area (Å²) in [7, 11) is 1.64. The smallest absolute Gasteiger partial charge is 0.257 e. The van der Waals surface area contributed by atoms with Crippen molar-refractivity contribution in [2.24, 2.45) is 5.10 Å². The Morgan fingerprint density at radius 2 is 1.82 bits per heavy atom. The molecule has 0 N–H and O–H groups in total. The van der Waals surface area contributed by atoms with E-state index in [4.69, 9.17) is 30.9 Å². The molecule has 3 aliphatic heterocycles. The van der Waals surface area contributed by atoms with Gasteiger partial charge in [-0.15, -0.1) is 0 Å². The Bertz CT molecular complexity index is 1040. The van der Waals surface area contributed by atoms with Crippen LogP contribution in [-0.2, 0) is 14.3 Å². The van der Waals surface area contributed by atoms with Gasteiger partial charge < -0.3 is 14.2 Å². The molecule has 0 radical (unpaired) electrons. The lowest BCUT2D eigenvalue weighted by molar-refractivity contribution is -0.186. The number of likely N-dealkylation sites (tertiary alicyclic amines) is 1. The van der Waals surface area contributed by atoms with Crippen molar-refractivity contribution in [2.45, 2.75) is 31.1 Å². The zero-order valence-electron chi connectivity index (χ0n) is 18.7. The molecule has 7 nitrogen and oxygen atoms in total. The molecule has 0 unspecified atom stereocenters. The fourth-order valence-corrected chi connectivity index (χ4v) is 5.14. The molecule has 33 heavy (non-hydrogen) atoms. The minimum Gasteiger partial charge on any atom is -0.496 e. The highest BCUT2D eigenvalue weighted by Gasteiger charge is 2.41. The summed E-state index contributed by atoms with van der Waals surface area (Å²) in [6.07, 6.45) is 2.11. The molecule has 1 spiro atoms. The topological polar surface area (TPSA) is 63.6 Å². The van der Waals surface area contributed by atoms with Gasteiger partial charge in [-0.1, -0.05) is 41.9 Å². The van der Waals surface area contributed by atoms with E-state index < -0.39 is 5.79 Å². The number of hydrogen-bond acceptors (Lipinski definition) is 6. The fourth-order valence-electron chi connectivity index (χ4n) is 4.87. The Kier molecular flexibility index (Phi) is 6.38. The molecular formula is C25H28ClN3O4. The molecule has 0 aromatic heterocycles. The van der Waals surface area contributed by atoms with Gasteiger partial charge in [-0.05, 0) is 23.8 Å². The molecule has 1 atom stereocenters. The first-order valence-electron chi connectivity index (χ1n) is 11.4. The van der Waals surface area contributed by atoms with E-state index in [1.165, 1.54) is 0 Å². The lowest BCUT2D eigenvalue weighted by Gasteiger charge is -2.37. The second kappa shape index (κ2) is 9.43. The number of para-hydroxylation sites is 1. The van der Waals surface area contributed by atoms with Crippen LogP contribution in [0.1, 0.15) is 36.4 Å². The maximum absolute atomic E-state index is 13.5. The lowest BCUT2D eigenvalue weighted by Crippen LogP contribution is -2.48. The van der Waals surface area contributed by atoms with Crippen LogP contribution in [0.4, 0.5) is 0 Å². The quantitative estimate of drug-likeness (QED) is 0.665. The zero-order chi connectivity index (χ0) is 22.8. The molecular weight excluding hydrogens is 442 g/mol. The van der Waals surface area contributed by atoms with Crippen molar-refractivity contribution < 1.29 is 19.0 Å². The van der Waals surface area contributed by atoms with Crippen LogP contribution in [0.15, 0.2) is 53.6 Å². The summed E-state index contributed by atoms with van der Waals surface area (Å²) in [6.45, 7) is 3.08. The third-order valence-electron chi connectivity index (χ3n) is 6.64. The Balaban J connectivity index is 1.37. The summed E-state index contributed by atoms with van der Waals surface area (Å²) in [5, 5.41) is 7.03. The zero-order valence-corrected chi connectivity index (χ0v) is 19.5. The SMILES string of the molecule is COc1ccccc1C1=NN(C(=O)CN2CCC3(CC2)OCCO3)[C@@H](c2ccccc2Cl)C1. The van der Waals surface area contributed by atoms with Gasteiger partial charge in [0.2, 0.25) is 0 Å². The second-order valence-electron chi connectivity index (χ2n) is 8.61. The number of hydrazone groups is 1. The first-order chi connectivity index (χ1) is 16.1. The number of benzene rings is 2. The summed E-state index contributed by atoms with van der Waals surface area (Å²) in [6, 6.07) is 15.1. The first-order valence-corrected chi connectivity index (χ1v) is 11.7. The number of methoxy groups -OCH3 is 1. The number of carbonyl (C=O) groups excluding carboxylic acids is 1. The highest BCUT2D eigenvalue weighted by atomic mass is 35.5. The molecule has 2 aromatic carbocycles. The van der Waals surface area contributed by atoms with Crippen LogP contribution >= 0.6 is 11.6 Å². The van der Waals surface area contributed by atoms with Crippen molar-refractivity contribution in [1.82, 2.24) is 9.91 Å². The average molecular weight is 470 g/mol. The van der Waals surface area contributed by atoms with E-state index in [0.717, 1.165) is 48.5 Å². The van der Waals surface area contributed by atoms with Gasteiger partial charge in [0.1, 0.15) is 5.75 Å². The van der Waals surface area contributed by atoms with Gasteiger partial charge in [-0.25, -0.2) is 5.01 Å². The standard InChI is InChI=1S/C25H28ClN3O4/c1-31-23-9-5-3-7-19(23)21-16-22(18-6-2-4-8-20(18)26)29(27-21)24(30)17-28-12-10-25(11-13-28)32-14-15-33-25/h2-9,22H,10-17H2,1H3/t22-/m1/s1. The van der Waals surface area contributed by atoms with Gasteiger partial charge in [0.15, 0.2) is 5.79 Å². The Morgan fingerprint density at radius 1 is 1.12 bits per heavy atom. The van der Waals surface area contributed by atoms with E-state index in [-0.39, 0.29) is 11.9 Å². The van der Waals surface area contributed by atoms with E-state index in [0.29, 0.717) is 31.2 Å². The predicted octanol–water partition coefficient (Wildman–Crippen LogP) is 3.87. The summed E-state index contributed by atoms with van der Waals surface area (Å²) >= 11 is 6.54. The molecule has 1 amide bonds. The molecule has 0 bridgehead atoms. The molecule has 5 rings (SSSR count). The van der Waals surface area contributed by atoms with E-state index in [2.05, 4.69) is 4.90 Å². The van der Waals surface area contributed by atoms with Crippen molar-refractivity contribution in [2.75, 3.05) is 40.0 Å². The largest absolute Gasteiger partial charge is 0.496 e. The lowest BCUT2D eigenvalue weighted by atomic mass is 9.97. The normalized spacial score (nSPS) is 22.5. The van der Waals surface area contributed by atoms with Crippen molar-refractivity contribution in [3.8, 4) is 5.75 Å². The van der Waals surface area contributed by atoms with Gasteiger partial charge in [0, 0.05) is 42.9 Å². The predicted molar refractivity (Wildman–Crippen MR) is 125 cm³/mol. The van der Waals surface area contributed by atoms with Crippen LogP contribution in [0.5, 0.6) is 5.75 Å². The van der Waals surface area contributed by atoms with E-state index in [9.17, 15) is 4.79 Å². The van der Waals surface area contributed by atoms with Gasteiger partial charge in [-0.2, -0.15) is 5.10 Å². The number of nitrogens with zero attached hydrogens (tertiary/aromatic N) is 3. The summed E-state index contributed by atoms with van der Waals surface area (Å²) < 4.78 is 17.2. The number of rotatable bonds is 5. The number of amides is 1. The second-order valence-corrected chi connectivity index (χ2v) is 9.02. The number of halogens is 1. The molecule has 8 heteroatoms. The molecule has 2 fully saturated rings. The Hall–Kier alpha value is -2.45. The van der Waals surface area contributed by atoms with Crippen LogP contribution in [0, 0.1) is 0 Å². The van der Waals surface area contributed by atoms with Crippen LogP contribution < -0.4 is 4.74 Å². The van der Waals surface area contributed by atoms with E-state index >= 15 is 0 Å². The van der Waals surface area contributed by atoms with Crippen LogP contribution in [0.2, 0.25) is 5.02 Å². The number of carbonyl (C=O) groups is 1. The number of piperidine rings is 1. The maximum atomic E-state index is 13.5. The molecule has 0 aliphatic carbocycles. The monoisotopic (exact) mass is 469 g/mol. The summed E-state index contributed by atoms with van der Waals surface area (Å²) in [4.78, 5) is 15.6. The van der Waals surface area contributed by atoms with Crippen LogP contribution in [0.25, 0.3) is 0 Å². The molecule has 3 heterocycles. The first kappa shape index (κ1) is 22.3. The van der Waals surface area contributed by atoms with Gasteiger partial charge >= 0.3 is 0 Å². The molecule has 174 valence electrons. The van der Waals surface area contributed by atoms with Crippen molar-refractivity contribution in [3.05, 3.63) is 64.7 Å². The van der Waals surface area contributed by atoms with Gasteiger partial charge in [0.05, 0.1) is 38.6 Å². The number of ether oxygens (including phenoxy) is 3. The summed E-state index contributed by atoms with van der Waals surface area (Å²) in [5.74, 6) is 0.234. The van der Waals surface area contributed by atoms with E-state index in [1.807, 2.05) is 48.5 Å².